The Bertz CT molecular complexity index is 1520. The highest BCUT2D eigenvalue weighted by Gasteiger charge is 2.74. The maximum atomic E-state index is 14.5. The number of nitrogens with one attached hydrogen (secondary N) is 2. The standard InChI is InChI=1S/C33H34ClN3O5S/c1-3-42-22-14-12-21(13-15-22)35-30(39)26-25-16-17-33(43-25)27(26)32(41)37(24(18-38)20-9-5-4-6-10-20)29(33)31(40)36-28-19(2)8-7-11-23(28)34/h4-15,24-27,29,38H,3,16-18H2,1-2H3,(H,35,39)(H,36,40)/t24-,25+,26-,27+,29?,33?/m1/s1. The molecule has 3 amide bonds. The van der Waals surface area contributed by atoms with Gasteiger partial charge in [0.15, 0.2) is 0 Å². The summed E-state index contributed by atoms with van der Waals surface area (Å²) >= 11 is 8.06. The number of benzene rings is 3. The number of rotatable bonds is 9. The Morgan fingerprint density at radius 2 is 1.81 bits per heavy atom. The van der Waals surface area contributed by atoms with Crippen molar-refractivity contribution in [3.8, 4) is 5.75 Å². The van der Waals surface area contributed by atoms with Crippen LogP contribution in [0.25, 0.3) is 0 Å². The molecule has 43 heavy (non-hydrogen) atoms. The molecule has 8 nitrogen and oxygen atoms in total. The summed E-state index contributed by atoms with van der Waals surface area (Å²) in [7, 11) is 0. The molecule has 2 bridgehead atoms. The lowest BCUT2D eigenvalue weighted by molar-refractivity contribution is -0.141. The van der Waals surface area contributed by atoms with Crippen LogP contribution < -0.4 is 15.4 Å². The van der Waals surface area contributed by atoms with E-state index in [1.54, 1.807) is 42.1 Å². The van der Waals surface area contributed by atoms with Gasteiger partial charge in [0.05, 0.1) is 46.5 Å². The van der Waals surface area contributed by atoms with Crippen LogP contribution in [0.4, 0.5) is 11.4 Å². The van der Waals surface area contributed by atoms with Gasteiger partial charge in [0.2, 0.25) is 17.7 Å². The van der Waals surface area contributed by atoms with Crippen LogP contribution in [-0.2, 0) is 14.4 Å². The Labute approximate surface area is 260 Å². The maximum Gasteiger partial charge on any atom is 0.248 e. The molecule has 10 heteroatoms. The monoisotopic (exact) mass is 619 g/mol. The molecule has 3 aliphatic rings. The van der Waals surface area contributed by atoms with Crippen LogP contribution >= 0.6 is 23.4 Å². The Hall–Kier alpha value is -3.53. The van der Waals surface area contributed by atoms with Crippen LogP contribution in [0.3, 0.4) is 0 Å². The first-order chi connectivity index (χ1) is 20.8. The number of nitrogens with zero attached hydrogens (tertiary/aromatic N) is 1. The number of halogens is 1. The molecule has 3 aromatic rings. The number of hydrogen-bond donors (Lipinski definition) is 3. The Morgan fingerprint density at radius 1 is 1.07 bits per heavy atom. The molecule has 0 aliphatic carbocycles. The molecule has 224 valence electrons. The van der Waals surface area contributed by atoms with Gasteiger partial charge in [-0.2, -0.15) is 0 Å². The van der Waals surface area contributed by atoms with Gasteiger partial charge in [-0.15, -0.1) is 11.8 Å². The third-order valence-electron chi connectivity index (χ3n) is 8.89. The molecule has 6 atom stereocenters. The van der Waals surface area contributed by atoms with E-state index in [1.165, 1.54) is 4.90 Å². The summed E-state index contributed by atoms with van der Waals surface area (Å²) in [6, 6.07) is 20.1. The van der Waals surface area contributed by atoms with Crippen LogP contribution in [-0.4, -0.2) is 57.0 Å². The third-order valence-corrected chi connectivity index (χ3v) is 11.2. The maximum absolute atomic E-state index is 14.5. The van der Waals surface area contributed by atoms with E-state index in [-0.39, 0.29) is 29.6 Å². The molecule has 2 unspecified atom stereocenters. The molecule has 3 heterocycles. The van der Waals surface area contributed by atoms with Gasteiger partial charge in [-0.1, -0.05) is 54.1 Å². The van der Waals surface area contributed by atoms with Gasteiger partial charge in [0.1, 0.15) is 11.8 Å². The Kier molecular flexibility index (Phi) is 8.15. The van der Waals surface area contributed by atoms with Crippen molar-refractivity contribution in [3.63, 3.8) is 0 Å². The van der Waals surface area contributed by atoms with Gasteiger partial charge in [-0.3, -0.25) is 14.4 Å². The van der Waals surface area contributed by atoms with Crippen molar-refractivity contribution >= 4 is 52.5 Å². The van der Waals surface area contributed by atoms with Crippen molar-refractivity contribution in [2.75, 3.05) is 23.8 Å². The van der Waals surface area contributed by atoms with Crippen molar-refractivity contribution < 1.29 is 24.2 Å². The molecule has 3 aromatic carbocycles. The topological polar surface area (TPSA) is 108 Å². The highest BCUT2D eigenvalue weighted by atomic mass is 35.5. The fraction of sp³-hybridized carbons (Fsp3) is 0.364. The number of ether oxygens (including phenoxy) is 1. The van der Waals surface area contributed by atoms with Gasteiger partial charge in [-0.25, -0.2) is 0 Å². The van der Waals surface area contributed by atoms with Gasteiger partial charge in [0.25, 0.3) is 0 Å². The van der Waals surface area contributed by atoms with Crippen molar-refractivity contribution in [2.24, 2.45) is 11.8 Å². The number of likely N-dealkylation sites (tertiary alicyclic amines) is 1. The number of fused-ring (bicyclic) bond motifs is 1. The lowest BCUT2D eigenvalue weighted by Gasteiger charge is -2.37. The number of anilines is 2. The molecular weight excluding hydrogens is 586 g/mol. The van der Waals surface area contributed by atoms with Gasteiger partial charge >= 0.3 is 0 Å². The van der Waals surface area contributed by atoms with Gasteiger partial charge in [-0.05, 0) is 68.1 Å². The molecule has 3 N–H and O–H groups in total. The highest BCUT2D eigenvalue weighted by Crippen LogP contribution is 2.67. The molecular formula is C33H34ClN3O5S. The lowest BCUT2D eigenvalue weighted by atomic mass is 9.70. The van der Waals surface area contributed by atoms with E-state index in [9.17, 15) is 19.5 Å². The van der Waals surface area contributed by atoms with Crippen LogP contribution in [0.5, 0.6) is 5.75 Å². The zero-order valence-corrected chi connectivity index (χ0v) is 25.5. The minimum Gasteiger partial charge on any atom is -0.494 e. The normalized spacial score (nSPS) is 26.2. The second kappa shape index (κ2) is 11.9. The van der Waals surface area contributed by atoms with E-state index in [0.717, 1.165) is 11.1 Å². The van der Waals surface area contributed by atoms with Crippen molar-refractivity contribution in [3.05, 3.63) is 88.9 Å². The number of para-hydroxylation sites is 1. The fourth-order valence-corrected chi connectivity index (χ4v) is 9.54. The minimum absolute atomic E-state index is 0.111. The minimum atomic E-state index is -0.920. The largest absolute Gasteiger partial charge is 0.494 e. The predicted molar refractivity (Wildman–Crippen MR) is 168 cm³/mol. The number of aliphatic hydroxyl groups excluding tert-OH is 1. The van der Waals surface area contributed by atoms with E-state index in [4.69, 9.17) is 16.3 Å². The molecule has 0 radical (unpaired) electrons. The van der Waals surface area contributed by atoms with Crippen LogP contribution in [0.1, 0.15) is 36.9 Å². The van der Waals surface area contributed by atoms with Crippen molar-refractivity contribution in [1.29, 1.82) is 0 Å². The average Bonchev–Trinajstić information content (AvgIpc) is 3.65. The third kappa shape index (κ3) is 5.07. The zero-order valence-electron chi connectivity index (χ0n) is 24.0. The Balaban J connectivity index is 1.37. The highest BCUT2D eigenvalue weighted by molar-refractivity contribution is 8.02. The molecule has 3 fully saturated rings. The van der Waals surface area contributed by atoms with Gasteiger partial charge in [0, 0.05) is 10.9 Å². The van der Waals surface area contributed by atoms with E-state index in [1.807, 2.05) is 56.3 Å². The molecule has 0 saturated carbocycles. The summed E-state index contributed by atoms with van der Waals surface area (Å²) in [5.74, 6) is -1.56. The summed E-state index contributed by atoms with van der Waals surface area (Å²) in [6.07, 6.45) is 1.31. The number of hydrogen-bond acceptors (Lipinski definition) is 6. The van der Waals surface area contributed by atoms with E-state index >= 15 is 0 Å². The molecule has 3 aliphatic heterocycles. The SMILES string of the molecule is CCOc1ccc(NC(=O)[C@@H]2[C@@H]3CCC4(S3)C(C(=O)Nc3c(C)cccc3Cl)N([C@H](CO)c3ccccc3)C(=O)[C@H]24)cc1. The molecule has 1 spiro atoms. The number of carbonyl (C=O) groups excluding carboxylic acids is 3. The molecule has 0 aromatic heterocycles. The quantitative estimate of drug-likeness (QED) is 0.294. The van der Waals surface area contributed by atoms with E-state index < -0.39 is 28.7 Å². The van der Waals surface area contributed by atoms with E-state index in [2.05, 4.69) is 10.6 Å². The summed E-state index contributed by atoms with van der Waals surface area (Å²) in [5.41, 5.74) is 2.61. The number of carbonyl (C=O) groups is 3. The first-order valence-electron chi connectivity index (χ1n) is 14.5. The first-order valence-corrected chi connectivity index (χ1v) is 15.8. The van der Waals surface area contributed by atoms with Crippen LogP contribution in [0.15, 0.2) is 72.8 Å². The second-order valence-electron chi connectivity index (χ2n) is 11.3. The number of thioether (sulfide) groups is 1. The molecule has 3 saturated heterocycles. The van der Waals surface area contributed by atoms with Gasteiger partial charge < -0.3 is 25.4 Å². The fourth-order valence-electron chi connectivity index (χ4n) is 7.06. The zero-order chi connectivity index (χ0) is 30.3. The molecule has 6 rings (SSSR count). The average molecular weight is 620 g/mol. The van der Waals surface area contributed by atoms with Crippen molar-refractivity contribution in [2.45, 2.75) is 48.8 Å². The summed E-state index contributed by atoms with van der Waals surface area (Å²) in [4.78, 5) is 44.3. The van der Waals surface area contributed by atoms with Crippen molar-refractivity contribution in [1.82, 2.24) is 4.90 Å². The smallest absolute Gasteiger partial charge is 0.248 e. The predicted octanol–water partition coefficient (Wildman–Crippen LogP) is 5.45. The van der Waals surface area contributed by atoms with Crippen LogP contribution in [0, 0.1) is 18.8 Å². The van der Waals surface area contributed by atoms with E-state index in [0.29, 0.717) is 41.6 Å². The summed E-state index contributed by atoms with van der Waals surface area (Å²) in [6.45, 7) is 3.93. The number of amides is 3. The first kappa shape index (κ1) is 29.5. The summed E-state index contributed by atoms with van der Waals surface area (Å²) in [5, 5.41) is 17.0. The lowest BCUT2D eigenvalue weighted by Crippen LogP contribution is -2.52. The number of aryl methyl sites for hydroxylation is 1. The Morgan fingerprint density at radius 3 is 2.49 bits per heavy atom. The second-order valence-corrected chi connectivity index (χ2v) is 13.3. The summed E-state index contributed by atoms with van der Waals surface area (Å²) < 4.78 is 4.69. The number of aliphatic hydroxyl groups is 1. The van der Waals surface area contributed by atoms with Crippen LogP contribution in [0.2, 0.25) is 5.02 Å².